The average Bonchev–Trinajstić information content (AvgIpc) is 2.85. The molecule has 0 bridgehead atoms. The molecular weight excluding hydrogens is 426 g/mol. The van der Waals surface area contributed by atoms with Gasteiger partial charge in [-0.2, -0.15) is 0 Å². The smallest absolute Gasteiger partial charge is 0.237 e. The molecular formula is C27H33N5O2. The highest BCUT2D eigenvalue weighted by Crippen LogP contribution is 2.35. The number of phenols is 1. The van der Waals surface area contributed by atoms with E-state index in [0.29, 0.717) is 32.4 Å². The Balaban J connectivity index is 1.95. The molecule has 3 aromatic carbocycles. The number of amides is 1. The molecule has 178 valence electrons. The van der Waals surface area contributed by atoms with Gasteiger partial charge in [-0.25, -0.2) is 0 Å². The Morgan fingerprint density at radius 1 is 0.882 bits per heavy atom. The number of carbonyl (C=O) groups excluding carboxylic acids is 1. The first kappa shape index (κ1) is 24.8. The summed E-state index contributed by atoms with van der Waals surface area (Å²) in [6, 6.07) is 27.1. The summed E-state index contributed by atoms with van der Waals surface area (Å²) in [5.74, 6) is -0.262. The monoisotopic (exact) mass is 459 g/mol. The summed E-state index contributed by atoms with van der Waals surface area (Å²) < 4.78 is 0. The summed E-state index contributed by atoms with van der Waals surface area (Å²) in [4.78, 5) is 17.1. The lowest BCUT2D eigenvalue weighted by Gasteiger charge is -2.36. The molecule has 34 heavy (non-hydrogen) atoms. The van der Waals surface area contributed by atoms with Gasteiger partial charge in [0.15, 0.2) is 5.96 Å². The number of benzene rings is 3. The highest BCUT2D eigenvalue weighted by molar-refractivity contribution is 5.85. The molecule has 0 heterocycles. The Morgan fingerprint density at radius 3 is 1.94 bits per heavy atom. The van der Waals surface area contributed by atoms with Gasteiger partial charge in [0.25, 0.3) is 0 Å². The second-order valence-corrected chi connectivity index (χ2v) is 8.45. The Kier molecular flexibility index (Phi) is 8.65. The normalized spacial score (nSPS) is 12.7. The van der Waals surface area contributed by atoms with Crippen LogP contribution in [0.5, 0.6) is 5.75 Å². The minimum atomic E-state index is -1.01. The molecule has 7 nitrogen and oxygen atoms in total. The van der Waals surface area contributed by atoms with Crippen LogP contribution in [0.15, 0.2) is 89.9 Å². The number of carbonyl (C=O) groups is 1. The maximum Gasteiger partial charge on any atom is 0.237 e. The molecule has 1 amide bonds. The van der Waals surface area contributed by atoms with Gasteiger partial charge < -0.3 is 22.3 Å². The van der Waals surface area contributed by atoms with Gasteiger partial charge in [-0.15, -0.1) is 0 Å². The van der Waals surface area contributed by atoms with Gasteiger partial charge in [0, 0.05) is 19.0 Å². The van der Waals surface area contributed by atoms with Gasteiger partial charge in [0.2, 0.25) is 5.91 Å². The van der Waals surface area contributed by atoms with E-state index in [0.717, 1.165) is 16.7 Å². The SMILES string of the molecule is NC(=O)[C@@](CCCN=C(N)N)(CC(c1ccccc1)c1ccccc1)NCc1ccc(O)cc1. The largest absolute Gasteiger partial charge is 0.508 e. The fourth-order valence-corrected chi connectivity index (χ4v) is 4.19. The molecule has 0 spiro atoms. The number of aliphatic imine (C=N–C) groups is 1. The molecule has 7 heteroatoms. The van der Waals surface area contributed by atoms with E-state index in [1.54, 1.807) is 12.1 Å². The Labute approximate surface area is 200 Å². The van der Waals surface area contributed by atoms with Crippen molar-refractivity contribution in [1.29, 1.82) is 0 Å². The predicted molar refractivity (Wildman–Crippen MR) is 136 cm³/mol. The molecule has 0 aromatic heterocycles. The van der Waals surface area contributed by atoms with E-state index < -0.39 is 11.4 Å². The maximum atomic E-state index is 13.1. The molecule has 0 fully saturated rings. The second-order valence-electron chi connectivity index (χ2n) is 8.45. The Bertz CT molecular complexity index is 1030. The van der Waals surface area contributed by atoms with Gasteiger partial charge in [-0.1, -0.05) is 72.8 Å². The molecule has 8 N–H and O–H groups in total. The predicted octanol–water partition coefficient (Wildman–Crippen LogP) is 2.98. The minimum Gasteiger partial charge on any atom is -0.508 e. The van der Waals surface area contributed by atoms with Crippen LogP contribution in [0.3, 0.4) is 0 Å². The molecule has 0 radical (unpaired) electrons. The standard InChI is InChI=1S/C27H33N5O2/c28-25(34)27(16-7-17-31-26(29)30,32-19-20-12-14-23(33)15-13-20)18-24(21-8-3-1-4-9-21)22-10-5-2-6-11-22/h1-6,8-15,24,32-33H,7,16-19H2,(H2,28,34)(H4,29,30,31)/t27-/m1/s1. The fraction of sp³-hybridized carbons (Fsp3) is 0.259. The number of hydrogen-bond acceptors (Lipinski definition) is 4. The van der Waals surface area contributed by atoms with E-state index >= 15 is 0 Å². The third-order valence-corrected chi connectivity index (χ3v) is 6.05. The number of nitrogens with one attached hydrogen (secondary N) is 1. The molecule has 0 saturated carbocycles. The summed E-state index contributed by atoms with van der Waals surface area (Å²) in [5.41, 5.74) is 19.2. The number of hydrogen-bond donors (Lipinski definition) is 5. The van der Waals surface area contributed by atoms with Crippen molar-refractivity contribution in [3.05, 3.63) is 102 Å². The van der Waals surface area contributed by atoms with Crippen LogP contribution in [0.1, 0.15) is 41.9 Å². The molecule has 0 aliphatic rings. The first-order valence-corrected chi connectivity index (χ1v) is 11.4. The zero-order valence-electron chi connectivity index (χ0n) is 19.2. The third kappa shape index (κ3) is 6.83. The zero-order valence-corrected chi connectivity index (χ0v) is 19.2. The Morgan fingerprint density at radius 2 is 1.44 bits per heavy atom. The number of guanidine groups is 1. The van der Waals surface area contributed by atoms with E-state index in [4.69, 9.17) is 17.2 Å². The molecule has 3 rings (SSSR count). The van der Waals surface area contributed by atoms with E-state index in [1.807, 2.05) is 48.5 Å². The van der Waals surface area contributed by atoms with Gasteiger partial charge >= 0.3 is 0 Å². The van der Waals surface area contributed by atoms with Gasteiger partial charge in [-0.3, -0.25) is 15.1 Å². The summed E-state index contributed by atoms with van der Waals surface area (Å²) >= 11 is 0. The van der Waals surface area contributed by atoms with Crippen molar-refractivity contribution in [2.75, 3.05) is 6.54 Å². The molecule has 0 saturated heterocycles. The van der Waals surface area contributed by atoms with E-state index in [9.17, 15) is 9.90 Å². The summed E-state index contributed by atoms with van der Waals surface area (Å²) in [6.45, 7) is 0.821. The lowest BCUT2D eigenvalue weighted by Crippen LogP contribution is -2.56. The van der Waals surface area contributed by atoms with Gasteiger partial charge in [-0.05, 0) is 48.1 Å². The number of aromatic hydroxyl groups is 1. The van der Waals surface area contributed by atoms with Crippen LogP contribution in [-0.4, -0.2) is 29.1 Å². The molecule has 1 atom stereocenters. The van der Waals surface area contributed by atoms with Gasteiger partial charge in [0.05, 0.1) is 5.54 Å². The second kappa shape index (κ2) is 11.9. The van der Waals surface area contributed by atoms with Crippen LogP contribution < -0.4 is 22.5 Å². The van der Waals surface area contributed by atoms with Crippen LogP contribution in [0, 0.1) is 0 Å². The Hall–Kier alpha value is -3.84. The van der Waals surface area contributed by atoms with Gasteiger partial charge in [0.1, 0.15) is 5.75 Å². The van der Waals surface area contributed by atoms with Crippen LogP contribution in [0.4, 0.5) is 0 Å². The maximum absolute atomic E-state index is 13.1. The van der Waals surface area contributed by atoms with Crippen molar-refractivity contribution < 1.29 is 9.90 Å². The number of nitrogens with two attached hydrogens (primary N) is 3. The summed E-state index contributed by atoms with van der Waals surface area (Å²) in [7, 11) is 0. The lowest BCUT2D eigenvalue weighted by molar-refractivity contribution is -0.125. The van der Waals surface area contributed by atoms with Crippen LogP contribution in [0.2, 0.25) is 0 Å². The van der Waals surface area contributed by atoms with Crippen molar-refractivity contribution in [2.45, 2.75) is 37.3 Å². The molecule has 0 unspecified atom stereocenters. The first-order chi connectivity index (χ1) is 16.4. The van der Waals surface area contributed by atoms with Crippen LogP contribution in [0.25, 0.3) is 0 Å². The average molecular weight is 460 g/mol. The van der Waals surface area contributed by atoms with Crippen LogP contribution in [-0.2, 0) is 11.3 Å². The molecule has 3 aromatic rings. The topological polar surface area (TPSA) is 140 Å². The fourth-order valence-electron chi connectivity index (χ4n) is 4.19. The summed E-state index contributed by atoms with van der Waals surface area (Å²) in [5, 5.41) is 13.1. The highest BCUT2D eigenvalue weighted by atomic mass is 16.3. The van der Waals surface area contributed by atoms with Crippen molar-refractivity contribution in [2.24, 2.45) is 22.2 Å². The minimum absolute atomic E-state index is 0.0215. The quantitative estimate of drug-likeness (QED) is 0.161. The number of primary amides is 1. The van der Waals surface area contributed by atoms with Crippen LogP contribution >= 0.6 is 0 Å². The number of rotatable bonds is 12. The van der Waals surface area contributed by atoms with Crippen molar-refractivity contribution in [3.8, 4) is 5.75 Å². The zero-order chi connectivity index (χ0) is 24.4. The first-order valence-electron chi connectivity index (χ1n) is 11.4. The van der Waals surface area contributed by atoms with E-state index in [1.165, 1.54) is 0 Å². The molecule has 0 aliphatic heterocycles. The third-order valence-electron chi connectivity index (χ3n) is 6.05. The van der Waals surface area contributed by atoms with E-state index in [2.05, 4.69) is 34.6 Å². The lowest BCUT2D eigenvalue weighted by atomic mass is 9.77. The summed E-state index contributed by atoms with van der Waals surface area (Å²) in [6.07, 6.45) is 1.52. The number of nitrogens with zero attached hydrogens (tertiary/aromatic N) is 1. The van der Waals surface area contributed by atoms with Crippen molar-refractivity contribution in [1.82, 2.24) is 5.32 Å². The van der Waals surface area contributed by atoms with Crippen molar-refractivity contribution >= 4 is 11.9 Å². The van der Waals surface area contributed by atoms with E-state index in [-0.39, 0.29) is 17.6 Å². The number of phenolic OH excluding ortho intramolecular Hbond substituents is 1. The highest BCUT2D eigenvalue weighted by Gasteiger charge is 2.39. The van der Waals surface area contributed by atoms with Crippen molar-refractivity contribution in [3.63, 3.8) is 0 Å². The molecule has 0 aliphatic carbocycles.